The fraction of sp³-hybridized carbons (Fsp3) is 0.700. The van der Waals surface area contributed by atoms with Crippen molar-refractivity contribution in [3.8, 4) is 0 Å². The zero-order valence-electron chi connectivity index (χ0n) is 10.1. The third-order valence-corrected chi connectivity index (χ3v) is 3.16. The maximum Gasteiger partial charge on any atom is 0.327 e. The minimum Gasteiger partial charge on any atom is -0.481 e. The molecule has 0 spiro atoms. The largest absolute Gasteiger partial charge is 0.481 e. The van der Waals surface area contributed by atoms with Crippen LogP contribution in [0.25, 0.3) is 0 Å². The summed E-state index contributed by atoms with van der Waals surface area (Å²) in [7, 11) is 0. The van der Waals surface area contributed by atoms with Crippen molar-refractivity contribution in [2.24, 2.45) is 0 Å². The highest BCUT2D eigenvalue weighted by Gasteiger charge is 2.25. The Bertz CT molecular complexity index is 323. The lowest BCUT2D eigenvalue weighted by Gasteiger charge is -2.16. The summed E-state index contributed by atoms with van der Waals surface area (Å²) in [6, 6.07) is -1.21. The standard InChI is InChI=1S/C10H17NO7S/c12-2-1-3-19-5-6(10(17)18)11-9(16)7(13)4-8(14)15/h6-7,12-13H,1-5H2,(H,11,16)(H,14,15)(H,17,18)/t6-,7?/m1/s1. The van der Waals surface area contributed by atoms with Crippen molar-refractivity contribution in [1.29, 1.82) is 0 Å². The van der Waals surface area contributed by atoms with Gasteiger partial charge in [-0.05, 0) is 12.2 Å². The second-order valence-electron chi connectivity index (χ2n) is 3.67. The van der Waals surface area contributed by atoms with E-state index in [1.54, 1.807) is 0 Å². The van der Waals surface area contributed by atoms with Crippen LogP contribution < -0.4 is 5.32 Å². The van der Waals surface area contributed by atoms with Gasteiger partial charge >= 0.3 is 11.9 Å². The first-order valence-corrected chi connectivity index (χ1v) is 6.65. The normalized spacial score (nSPS) is 13.6. The Balaban J connectivity index is 4.22. The topological polar surface area (TPSA) is 144 Å². The second kappa shape index (κ2) is 9.59. The van der Waals surface area contributed by atoms with Gasteiger partial charge in [-0.25, -0.2) is 4.79 Å². The summed E-state index contributed by atoms with van der Waals surface area (Å²) in [4.78, 5) is 32.5. The summed E-state index contributed by atoms with van der Waals surface area (Å²) in [5, 5.41) is 37.1. The van der Waals surface area contributed by atoms with Gasteiger partial charge in [-0.2, -0.15) is 11.8 Å². The van der Waals surface area contributed by atoms with E-state index in [0.717, 1.165) is 0 Å². The molecule has 0 saturated heterocycles. The summed E-state index contributed by atoms with van der Waals surface area (Å²) in [6.07, 6.45) is -2.05. The maximum atomic E-state index is 11.3. The molecule has 0 fully saturated rings. The van der Waals surface area contributed by atoms with Crippen molar-refractivity contribution in [1.82, 2.24) is 5.32 Å². The quantitative estimate of drug-likeness (QED) is 0.306. The van der Waals surface area contributed by atoms with Gasteiger partial charge in [0.25, 0.3) is 0 Å². The number of aliphatic hydroxyl groups excluding tert-OH is 2. The molecule has 1 unspecified atom stereocenters. The van der Waals surface area contributed by atoms with Crippen molar-refractivity contribution in [2.45, 2.75) is 25.0 Å². The molecule has 8 nitrogen and oxygen atoms in total. The van der Waals surface area contributed by atoms with Crippen molar-refractivity contribution in [2.75, 3.05) is 18.1 Å². The minimum atomic E-state index is -1.78. The average Bonchev–Trinajstić information content (AvgIpc) is 2.31. The summed E-state index contributed by atoms with van der Waals surface area (Å²) in [6.45, 7) is -0.00553. The van der Waals surface area contributed by atoms with E-state index < -0.39 is 36.4 Å². The molecule has 0 rings (SSSR count). The number of amides is 1. The predicted molar refractivity (Wildman–Crippen MR) is 66.9 cm³/mol. The van der Waals surface area contributed by atoms with Gasteiger partial charge in [0, 0.05) is 12.4 Å². The summed E-state index contributed by atoms with van der Waals surface area (Å²) >= 11 is 1.23. The Morgan fingerprint density at radius 3 is 2.32 bits per heavy atom. The van der Waals surface area contributed by atoms with Gasteiger partial charge in [0.05, 0.1) is 6.42 Å². The number of rotatable bonds is 10. The molecule has 0 radical (unpaired) electrons. The molecule has 9 heteroatoms. The molecule has 0 bridgehead atoms. The first-order valence-electron chi connectivity index (χ1n) is 5.50. The molecule has 0 aliphatic carbocycles. The van der Waals surface area contributed by atoms with Crippen LogP contribution in [-0.2, 0) is 14.4 Å². The lowest BCUT2D eigenvalue weighted by Crippen LogP contribution is -2.47. The van der Waals surface area contributed by atoms with E-state index in [0.29, 0.717) is 12.2 Å². The Hall–Kier alpha value is -1.32. The van der Waals surface area contributed by atoms with Crippen molar-refractivity contribution in [3.05, 3.63) is 0 Å². The number of nitrogens with one attached hydrogen (secondary N) is 1. The lowest BCUT2D eigenvalue weighted by molar-refractivity contribution is -0.146. The Morgan fingerprint density at radius 1 is 1.21 bits per heavy atom. The Labute approximate surface area is 113 Å². The highest BCUT2D eigenvalue weighted by atomic mass is 32.2. The van der Waals surface area contributed by atoms with Gasteiger partial charge in [-0.3, -0.25) is 9.59 Å². The van der Waals surface area contributed by atoms with Crippen LogP contribution in [0.1, 0.15) is 12.8 Å². The molecule has 110 valence electrons. The average molecular weight is 295 g/mol. The summed E-state index contributed by atoms with van der Waals surface area (Å²) < 4.78 is 0. The highest BCUT2D eigenvalue weighted by Crippen LogP contribution is 2.06. The molecule has 2 atom stereocenters. The Kier molecular flexibility index (Phi) is 8.92. The first-order chi connectivity index (χ1) is 8.88. The number of hydrogen-bond donors (Lipinski definition) is 5. The monoisotopic (exact) mass is 295 g/mol. The third kappa shape index (κ3) is 8.41. The number of hydrogen-bond acceptors (Lipinski definition) is 6. The number of aliphatic carboxylic acids is 2. The molecule has 0 aromatic heterocycles. The van der Waals surface area contributed by atoms with E-state index in [1.807, 2.05) is 0 Å². The van der Waals surface area contributed by atoms with Gasteiger partial charge < -0.3 is 25.7 Å². The fourth-order valence-corrected chi connectivity index (χ4v) is 2.03. The van der Waals surface area contributed by atoms with Crippen LogP contribution in [0.2, 0.25) is 0 Å². The number of aliphatic hydroxyl groups is 2. The van der Waals surface area contributed by atoms with Crippen molar-refractivity contribution >= 4 is 29.6 Å². The summed E-state index contributed by atoms with van der Waals surface area (Å²) in [5.74, 6) is -3.05. The van der Waals surface area contributed by atoms with Gasteiger partial charge in [-0.1, -0.05) is 0 Å². The third-order valence-electron chi connectivity index (χ3n) is 2.02. The molecule has 0 aliphatic heterocycles. The van der Waals surface area contributed by atoms with Crippen molar-refractivity contribution < 1.29 is 34.8 Å². The second-order valence-corrected chi connectivity index (χ2v) is 4.81. The van der Waals surface area contributed by atoms with Crippen LogP contribution in [0, 0.1) is 0 Å². The maximum absolute atomic E-state index is 11.3. The summed E-state index contributed by atoms with van der Waals surface area (Å²) in [5.41, 5.74) is 0. The molecule has 0 aromatic carbocycles. The molecular weight excluding hydrogens is 278 g/mol. The molecular formula is C10H17NO7S. The van der Waals surface area contributed by atoms with E-state index in [9.17, 15) is 19.5 Å². The number of thioether (sulfide) groups is 1. The van der Waals surface area contributed by atoms with E-state index in [1.165, 1.54) is 11.8 Å². The van der Waals surface area contributed by atoms with Gasteiger partial charge in [0.2, 0.25) is 5.91 Å². The number of carboxylic acids is 2. The van der Waals surface area contributed by atoms with Gasteiger partial charge in [0.15, 0.2) is 0 Å². The first kappa shape index (κ1) is 17.7. The molecule has 0 aromatic rings. The molecule has 0 heterocycles. The highest BCUT2D eigenvalue weighted by molar-refractivity contribution is 7.99. The molecule has 5 N–H and O–H groups in total. The Morgan fingerprint density at radius 2 is 1.84 bits per heavy atom. The van der Waals surface area contributed by atoms with Crippen LogP contribution in [0.3, 0.4) is 0 Å². The zero-order valence-corrected chi connectivity index (χ0v) is 10.9. The van der Waals surface area contributed by atoms with Crippen LogP contribution in [0.4, 0.5) is 0 Å². The zero-order chi connectivity index (χ0) is 14.8. The molecule has 0 aliphatic rings. The molecule has 19 heavy (non-hydrogen) atoms. The van der Waals surface area contributed by atoms with E-state index in [-0.39, 0.29) is 12.4 Å². The molecule has 0 saturated carbocycles. The number of carbonyl (C=O) groups is 3. The minimum absolute atomic E-state index is 0.00553. The van der Waals surface area contributed by atoms with Crippen LogP contribution in [0.5, 0.6) is 0 Å². The predicted octanol–water partition coefficient (Wildman–Crippen LogP) is -1.49. The van der Waals surface area contributed by atoms with Crippen molar-refractivity contribution in [3.63, 3.8) is 0 Å². The van der Waals surface area contributed by atoms with Gasteiger partial charge in [-0.15, -0.1) is 0 Å². The van der Waals surface area contributed by atoms with E-state index in [4.69, 9.17) is 15.3 Å². The van der Waals surface area contributed by atoms with E-state index in [2.05, 4.69) is 5.32 Å². The lowest BCUT2D eigenvalue weighted by atomic mass is 10.2. The van der Waals surface area contributed by atoms with E-state index >= 15 is 0 Å². The fourth-order valence-electron chi connectivity index (χ4n) is 1.07. The number of carboxylic acid groups (broad SMARTS) is 2. The van der Waals surface area contributed by atoms with Crippen LogP contribution in [-0.4, -0.2) is 68.5 Å². The smallest absolute Gasteiger partial charge is 0.327 e. The number of carbonyl (C=O) groups excluding carboxylic acids is 1. The SMILES string of the molecule is O=C(O)CC(O)C(=O)N[C@H](CSCCCO)C(=O)O. The molecule has 1 amide bonds. The van der Waals surface area contributed by atoms with Crippen LogP contribution in [0.15, 0.2) is 0 Å². The van der Waals surface area contributed by atoms with Crippen LogP contribution >= 0.6 is 11.8 Å². The van der Waals surface area contributed by atoms with Gasteiger partial charge in [0.1, 0.15) is 12.1 Å².